The fraction of sp³-hybridized carbons (Fsp3) is 0.200. The number of nitrogens with zero attached hydrogens (tertiary/aromatic N) is 4. The molecule has 0 radical (unpaired) electrons. The molecule has 1 aromatic carbocycles. The first-order valence-electron chi connectivity index (χ1n) is 7.25. The molecule has 0 saturated carbocycles. The Kier molecular flexibility index (Phi) is 4.90. The third kappa shape index (κ3) is 3.88. The van der Waals surface area contributed by atoms with Gasteiger partial charge in [0, 0.05) is 18.3 Å². The minimum absolute atomic E-state index is 0.120. The van der Waals surface area contributed by atoms with Crippen LogP contribution in [0, 0.1) is 6.92 Å². The van der Waals surface area contributed by atoms with Crippen molar-refractivity contribution in [2.75, 3.05) is 4.72 Å². The lowest BCUT2D eigenvalue weighted by Gasteiger charge is -2.05. The van der Waals surface area contributed by atoms with Gasteiger partial charge in [-0.05, 0) is 40.5 Å². The Hall–Kier alpha value is -1.84. The quantitative estimate of drug-likeness (QED) is 0.655. The van der Waals surface area contributed by atoms with Gasteiger partial charge in [-0.15, -0.1) is 0 Å². The summed E-state index contributed by atoms with van der Waals surface area (Å²) >= 11 is 9.21. The van der Waals surface area contributed by atoms with Gasteiger partial charge < -0.3 is 0 Å². The third-order valence-electron chi connectivity index (χ3n) is 3.69. The Morgan fingerprint density at radius 1 is 1.28 bits per heavy atom. The van der Waals surface area contributed by atoms with E-state index in [1.54, 1.807) is 37.0 Å². The normalized spacial score (nSPS) is 11.7. The van der Waals surface area contributed by atoms with Crippen LogP contribution in [0.2, 0.25) is 5.02 Å². The second kappa shape index (κ2) is 6.81. The maximum atomic E-state index is 12.5. The fourth-order valence-electron chi connectivity index (χ4n) is 2.25. The number of rotatable bonds is 5. The number of benzene rings is 1. The number of nitrogens with one attached hydrogen (secondary N) is 1. The minimum atomic E-state index is -3.77. The molecule has 2 aromatic heterocycles. The summed E-state index contributed by atoms with van der Waals surface area (Å²) in [7, 11) is -2.08. The Morgan fingerprint density at radius 3 is 2.56 bits per heavy atom. The lowest BCUT2D eigenvalue weighted by atomic mass is 10.2. The van der Waals surface area contributed by atoms with E-state index in [1.165, 1.54) is 10.9 Å². The number of aryl methyl sites for hydroxylation is 1. The van der Waals surface area contributed by atoms with Gasteiger partial charge in [-0.3, -0.25) is 14.1 Å². The zero-order valence-electron chi connectivity index (χ0n) is 13.4. The van der Waals surface area contributed by atoms with Crippen molar-refractivity contribution in [1.29, 1.82) is 0 Å². The van der Waals surface area contributed by atoms with Crippen molar-refractivity contribution in [3.8, 4) is 0 Å². The average molecular weight is 445 g/mol. The first-order valence-corrected chi connectivity index (χ1v) is 9.90. The molecule has 2 heterocycles. The lowest BCUT2D eigenvalue weighted by Crippen LogP contribution is -2.15. The molecule has 0 atom stereocenters. The van der Waals surface area contributed by atoms with Crippen molar-refractivity contribution in [3.05, 3.63) is 57.4 Å². The molecule has 3 rings (SSSR count). The fourth-order valence-corrected chi connectivity index (χ4v) is 4.14. The summed E-state index contributed by atoms with van der Waals surface area (Å²) in [5, 5.41) is 8.92. The van der Waals surface area contributed by atoms with Gasteiger partial charge in [-0.2, -0.15) is 10.2 Å². The van der Waals surface area contributed by atoms with Crippen molar-refractivity contribution in [3.63, 3.8) is 0 Å². The second-order valence-electron chi connectivity index (χ2n) is 5.47. The molecule has 10 heteroatoms. The molecule has 0 saturated heterocycles. The van der Waals surface area contributed by atoms with Gasteiger partial charge in [0.05, 0.1) is 22.9 Å². The van der Waals surface area contributed by atoms with Crippen LogP contribution in [0.25, 0.3) is 0 Å². The van der Waals surface area contributed by atoms with E-state index in [-0.39, 0.29) is 10.7 Å². The zero-order valence-corrected chi connectivity index (χ0v) is 16.6. The topological polar surface area (TPSA) is 81.8 Å². The molecule has 0 aliphatic heterocycles. The monoisotopic (exact) mass is 443 g/mol. The standard InChI is InChI=1S/C15H15BrClN5O2S/c1-10-14(7-18-21(10)2)25(23,24)20-15-13(16)9-22(19-15)8-11-3-5-12(17)6-4-11/h3-7,9H,8H2,1-2H3,(H,19,20). The second-order valence-corrected chi connectivity index (χ2v) is 8.41. The number of sulfonamides is 1. The van der Waals surface area contributed by atoms with Crippen molar-refractivity contribution in [2.45, 2.75) is 18.4 Å². The molecule has 1 N–H and O–H groups in total. The van der Waals surface area contributed by atoms with E-state index >= 15 is 0 Å². The van der Waals surface area contributed by atoms with Gasteiger partial charge in [-0.1, -0.05) is 23.7 Å². The van der Waals surface area contributed by atoms with Crippen LogP contribution in [0.5, 0.6) is 0 Å². The highest BCUT2D eigenvalue weighted by atomic mass is 79.9. The Balaban J connectivity index is 1.83. The predicted octanol–water partition coefficient (Wildman–Crippen LogP) is 3.19. The zero-order chi connectivity index (χ0) is 18.2. The van der Waals surface area contributed by atoms with Gasteiger partial charge >= 0.3 is 0 Å². The summed E-state index contributed by atoms with van der Waals surface area (Å²) in [6, 6.07) is 7.37. The van der Waals surface area contributed by atoms with E-state index in [1.807, 2.05) is 12.1 Å². The highest BCUT2D eigenvalue weighted by molar-refractivity contribution is 9.10. The summed E-state index contributed by atoms with van der Waals surface area (Å²) in [5.41, 5.74) is 1.54. The summed E-state index contributed by atoms with van der Waals surface area (Å²) in [6.45, 7) is 2.18. The first kappa shape index (κ1) is 18.0. The van der Waals surface area contributed by atoms with Crippen LogP contribution in [0.3, 0.4) is 0 Å². The van der Waals surface area contributed by atoms with Crippen LogP contribution in [0.4, 0.5) is 5.82 Å². The Bertz CT molecular complexity index is 1010. The van der Waals surface area contributed by atoms with E-state index in [4.69, 9.17) is 11.6 Å². The molecule has 7 nitrogen and oxygen atoms in total. The van der Waals surface area contributed by atoms with Crippen LogP contribution >= 0.6 is 27.5 Å². The maximum Gasteiger partial charge on any atom is 0.266 e. The molecule has 0 bridgehead atoms. The first-order chi connectivity index (χ1) is 11.8. The molecular weight excluding hydrogens is 430 g/mol. The van der Waals surface area contributed by atoms with E-state index in [2.05, 4.69) is 30.8 Å². The van der Waals surface area contributed by atoms with Crippen molar-refractivity contribution < 1.29 is 8.42 Å². The van der Waals surface area contributed by atoms with Crippen LogP contribution in [-0.2, 0) is 23.6 Å². The molecule has 0 fully saturated rings. The summed E-state index contributed by atoms with van der Waals surface area (Å²) < 4.78 is 31.3. The summed E-state index contributed by atoms with van der Waals surface area (Å²) in [4.78, 5) is 0.120. The molecule has 25 heavy (non-hydrogen) atoms. The number of anilines is 1. The highest BCUT2D eigenvalue weighted by Gasteiger charge is 2.22. The highest BCUT2D eigenvalue weighted by Crippen LogP contribution is 2.25. The SMILES string of the molecule is Cc1c(S(=O)(=O)Nc2nn(Cc3ccc(Cl)cc3)cc2Br)cnn1C. The molecule has 3 aromatic rings. The smallest absolute Gasteiger partial charge is 0.266 e. The van der Waals surface area contributed by atoms with Gasteiger partial charge in [0.25, 0.3) is 10.0 Å². The van der Waals surface area contributed by atoms with E-state index in [0.29, 0.717) is 21.7 Å². The Morgan fingerprint density at radius 2 is 1.96 bits per heavy atom. The molecule has 0 unspecified atom stereocenters. The molecule has 0 spiro atoms. The summed E-state index contributed by atoms with van der Waals surface area (Å²) in [5.74, 6) is 0.220. The van der Waals surface area contributed by atoms with Crippen LogP contribution in [-0.4, -0.2) is 28.0 Å². The van der Waals surface area contributed by atoms with Crippen LogP contribution in [0.1, 0.15) is 11.3 Å². The number of aromatic nitrogens is 4. The van der Waals surface area contributed by atoms with Gasteiger partial charge in [-0.25, -0.2) is 8.42 Å². The van der Waals surface area contributed by atoms with E-state index in [0.717, 1.165) is 5.56 Å². The van der Waals surface area contributed by atoms with Gasteiger partial charge in [0.1, 0.15) is 4.90 Å². The van der Waals surface area contributed by atoms with E-state index < -0.39 is 10.0 Å². The Labute approximate surface area is 158 Å². The molecular formula is C15H15BrClN5O2S. The third-order valence-corrected chi connectivity index (χ3v) is 5.96. The molecule has 0 aliphatic rings. The summed E-state index contributed by atoms with van der Waals surface area (Å²) in [6.07, 6.45) is 3.03. The molecule has 132 valence electrons. The van der Waals surface area contributed by atoms with Crippen LogP contribution in [0.15, 0.2) is 46.0 Å². The largest absolute Gasteiger partial charge is 0.272 e. The minimum Gasteiger partial charge on any atom is -0.272 e. The van der Waals surface area contributed by atoms with Crippen molar-refractivity contribution in [1.82, 2.24) is 19.6 Å². The number of hydrogen-bond acceptors (Lipinski definition) is 4. The predicted molar refractivity (Wildman–Crippen MR) is 99.2 cm³/mol. The number of halogens is 2. The number of hydrogen-bond donors (Lipinski definition) is 1. The maximum absolute atomic E-state index is 12.5. The average Bonchev–Trinajstić information content (AvgIpc) is 3.05. The van der Waals surface area contributed by atoms with Gasteiger partial charge in [0.15, 0.2) is 5.82 Å². The van der Waals surface area contributed by atoms with E-state index in [9.17, 15) is 8.42 Å². The van der Waals surface area contributed by atoms with Crippen molar-refractivity contribution in [2.24, 2.45) is 7.05 Å². The van der Waals surface area contributed by atoms with Gasteiger partial charge in [0.2, 0.25) is 0 Å². The lowest BCUT2D eigenvalue weighted by molar-refractivity contribution is 0.599. The van der Waals surface area contributed by atoms with Crippen molar-refractivity contribution >= 4 is 43.4 Å². The molecule has 0 amide bonds. The molecule has 0 aliphatic carbocycles. The van der Waals surface area contributed by atoms with Crippen LogP contribution < -0.4 is 4.72 Å².